The van der Waals surface area contributed by atoms with Crippen LogP contribution in [0.5, 0.6) is 0 Å². The molecule has 7 heteroatoms. The number of imidazole rings is 1. The molecule has 1 aromatic heterocycles. The molecule has 17 heavy (non-hydrogen) atoms. The van der Waals surface area contributed by atoms with Crippen LogP contribution in [-0.2, 0) is 11.3 Å². The summed E-state index contributed by atoms with van der Waals surface area (Å²) in [5, 5.41) is 2.40. The molecule has 0 saturated carbocycles. The van der Waals surface area contributed by atoms with Gasteiger partial charge in [0.1, 0.15) is 0 Å². The van der Waals surface area contributed by atoms with Crippen molar-refractivity contribution < 1.29 is 9.59 Å². The van der Waals surface area contributed by atoms with Crippen LogP contribution in [0.1, 0.15) is 20.3 Å². The van der Waals surface area contributed by atoms with Crippen molar-refractivity contribution in [2.75, 3.05) is 0 Å². The first-order valence-electron chi connectivity index (χ1n) is 5.32. The summed E-state index contributed by atoms with van der Waals surface area (Å²) in [6.07, 6.45) is 4.55. The number of thioether (sulfide) groups is 1. The van der Waals surface area contributed by atoms with Gasteiger partial charge in [0, 0.05) is 18.9 Å². The Kier molecular flexibility index (Phi) is 5.02. The summed E-state index contributed by atoms with van der Waals surface area (Å²) in [5.74, 6) is -0.409. The Morgan fingerprint density at radius 2 is 2.35 bits per heavy atom. The first-order chi connectivity index (χ1) is 8.04. The number of rotatable bonds is 5. The summed E-state index contributed by atoms with van der Waals surface area (Å²) in [6, 6.07) is -0.834. The maximum atomic E-state index is 11.5. The Bertz CT molecular complexity index is 405. The number of nitrogens with two attached hydrogens (primary N) is 1. The maximum absolute atomic E-state index is 11.5. The van der Waals surface area contributed by atoms with E-state index in [0.29, 0.717) is 0 Å². The van der Waals surface area contributed by atoms with E-state index in [1.54, 1.807) is 13.1 Å². The van der Waals surface area contributed by atoms with Crippen molar-refractivity contribution in [3.63, 3.8) is 0 Å². The minimum Gasteiger partial charge on any atom is -0.351 e. The van der Waals surface area contributed by atoms with E-state index < -0.39 is 17.2 Å². The van der Waals surface area contributed by atoms with Gasteiger partial charge in [-0.05, 0) is 13.3 Å². The van der Waals surface area contributed by atoms with Crippen LogP contribution < -0.4 is 11.1 Å². The maximum Gasteiger partial charge on any atom is 0.318 e. The lowest BCUT2D eigenvalue weighted by atomic mass is 10.4. The SMILES string of the molecule is CCCn1ccnc1S[C@@H](C)C(=O)NC(N)=O. The van der Waals surface area contributed by atoms with Crippen LogP contribution in [0.15, 0.2) is 17.6 Å². The zero-order chi connectivity index (χ0) is 12.8. The number of nitrogens with zero attached hydrogens (tertiary/aromatic N) is 2. The molecule has 0 bridgehead atoms. The number of carbonyl (C=O) groups is 2. The molecular formula is C10H16N4O2S. The van der Waals surface area contributed by atoms with Crippen molar-refractivity contribution in [3.05, 3.63) is 12.4 Å². The fourth-order valence-corrected chi connectivity index (χ4v) is 2.15. The van der Waals surface area contributed by atoms with Gasteiger partial charge < -0.3 is 10.3 Å². The number of primary amides is 1. The summed E-state index contributed by atoms with van der Waals surface area (Å²) in [4.78, 5) is 26.2. The van der Waals surface area contributed by atoms with Crippen molar-refractivity contribution >= 4 is 23.7 Å². The van der Waals surface area contributed by atoms with Crippen LogP contribution in [0.2, 0.25) is 0 Å². The summed E-state index contributed by atoms with van der Waals surface area (Å²) >= 11 is 1.30. The molecule has 1 heterocycles. The molecule has 6 nitrogen and oxygen atoms in total. The zero-order valence-electron chi connectivity index (χ0n) is 9.84. The molecule has 0 aromatic carbocycles. The highest BCUT2D eigenvalue weighted by molar-refractivity contribution is 8.00. The first kappa shape index (κ1) is 13.6. The Morgan fingerprint density at radius 1 is 1.65 bits per heavy atom. The van der Waals surface area contributed by atoms with E-state index in [0.717, 1.165) is 18.1 Å². The molecule has 1 aromatic rings. The molecule has 3 amide bonds. The lowest BCUT2D eigenvalue weighted by molar-refractivity contribution is -0.119. The third-order valence-corrected chi connectivity index (χ3v) is 3.16. The second-order valence-corrected chi connectivity index (χ2v) is 4.82. The van der Waals surface area contributed by atoms with Crippen LogP contribution in [0.4, 0.5) is 4.79 Å². The summed E-state index contributed by atoms with van der Waals surface area (Å²) in [5.41, 5.74) is 4.88. The minimum absolute atomic E-state index is 0.409. The minimum atomic E-state index is -0.834. The zero-order valence-corrected chi connectivity index (χ0v) is 10.7. The number of carbonyl (C=O) groups excluding carboxylic acids is 2. The molecule has 0 radical (unpaired) electrons. The average Bonchev–Trinajstić information content (AvgIpc) is 2.65. The molecule has 1 rings (SSSR count). The van der Waals surface area contributed by atoms with Gasteiger partial charge in [-0.25, -0.2) is 9.78 Å². The van der Waals surface area contributed by atoms with E-state index in [1.807, 2.05) is 16.1 Å². The predicted octanol–water partition coefficient (Wildman–Crippen LogP) is 0.969. The number of amides is 3. The molecule has 0 fully saturated rings. The highest BCUT2D eigenvalue weighted by atomic mass is 32.2. The first-order valence-corrected chi connectivity index (χ1v) is 6.20. The van der Waals surface area contributed by atoms with Gasteiger partial charge in [0.2, 0.25) is 5.91 Å². The van der Waals surface area contributed by atoms with Crippen LogP contribution in [-0.4, -0.2) is 26.7 Å². The predicted molar refractivity (Wildman–Crippen MR) is 65.6 cm³/mol. The van der Waals surface area contributed by atoms with Gasteiger partial charge in [-0.1, -0.05) is 18.7 Å². The number of nitrogens with one attached hydrogen (secondary N) is 1. The largest absolute Gasteiger partial charge is 0.351 e. The number of urea groups is 1. The van der Waals surface area contributed by atoms with Crippen molar-refractivity contribution in [2.24, 2.45) is 5.73 Å². The van der Waals surface area contributed by atoms with Gasteiger partial charge in [-0.3, -0.25) is 10.1 Å². The molecule has 1 atom stereocenters. The second kappa shape index (κ2) is 6.29. The molecule has 0 aliphatic heterocycles. The number of aryl methyl sites for hydroxylation is 1. The number of aromatic nitrogens is 2. The Balaban J connectivity index is 2.60. The molecular weight excluding hydrogens is 240 g/mol. The topological polar surface area (TPSA) is 90.0 Å². The fourth-order valence-electron chi connectivity index (χ4n) is 1.26. The highest BCUT2D eigenvalue weighted by Gasteiger charge is 2.18. The van der Waals surface area contributed by atoms with E-state index in [2.05, 4.69) is 11.9 Å². The normalized spacial score (nSPS) is 12.1. The van der Waals surface area contributed by atoms with Crippen molar-refractivity contribution in [3.8, 4) is 0 Å². The third kappa shape index (κ3) is 4.10. The molecule has 0 unspecified atom stereocenters. The van der Waals surface area contributed by atoms with Crippen LogP contribution in [0, 0.1) is 0 Å². The monoisotopic (exact) mass is 256 g/mol. The molecule has 3 N–H and O–H groups in total. The van der Waals surface area contributed by atoms with Crippen molar-refractivity contribution in [1.29, 1.82) is 0 Å². The lowest BCUT2D eigenvalue weighted by Gasteiger charge is -2.10. The van der Waals surface area contributed by atoms with Crippen LogP contribution >= 0.6 is 11.8 Å². The van der Waals surface area contributed by atoms with E-state index >= 15 is 0 Å². The molecule has 0 spiro atoms. The molecule has 94 valence electrons. The standard InChI is InChI=1S/C10H16N4O2S/c1-3-5-14-6-4-12-10(14)17-7(2)8(15)13-9(11)16/h4,6-7H,3,5H2,1-2H3,(H3,11,13,15,16)/t7-/m0/s1. The van der Waals surface area contributed by atoms with E-state index in [1.165, 1.54) is 11.8 Å². The van der Waals surface area contributed by atoms with E-state index in [9.17, 15) is 9.59 Å². The van der Waals surface area contributed by atoms with Crippen molar-refractivity contribution in [1.82, 2.24) is 14.9 Å². The molecule has 0 aliphatic rings. The van der Waals surface area contributed by atoms with E-state index in [-0.39, 0.29) is 0 Å². The van der Waals surface area contributed by atoms with E-state index in [4.69, 9.17) is 5.73 Å². The lowest BCUT2D eigenvalue weighted by Crippen LogP contribution is -2.39. The van der Waals surface area contributed by atoms with Gasteiger partial charge in [0.15, 0.2) is 5.16 Å². The van der Waals surface area contributed by atoms with Gasteiger partial charge in [-0.2, -0.15) is 0 Å². The Labute approximate surface area is 104 Å². The van der Waals surface area contributed by atoms with Crippen molar-refractivity contribution in [2.45, 2.75) is 37.2 Å². The summed E-state index contributed by atoms with van der Waals surface area (Å²) in [7, 11) is 0. The quantitative estimate of drug-likeness (QED) is 0.768. The van der Waals surface area contributed by atoms with Gasteiger partial charge in [-0.15, -0.1) is 0 Å². The van der Waals surface area contributed by atoms with Crippen LogP contribution in [0.25, 0.3) is 0 Å². The fraction of sp³-hybridized carbons (Fsp3) is 0.500. The van der Waals surface area contributed by atoms with Crippen LogP contribution in [0.3, 0.4) is 0 Å². The number of imide groups is 1. The highest BCUT2D eigenvalue weighted by Crippen LogP contribution is 2.21. The Morgan fingerprint density at radius 3 is 2.94 bits per heavy atom. The number of hydrogen-bond donors (Lipinski definition) is 2. The molecule has 0 saturated heterocycles. The number of hydrogen-bond acceptors (Lipinski definition) is 4. The molecule has 0 aliphatic carbocycles. The second-order valence-electron chi connectivity index (χ2n) is 3.52. The summed E-state index contributed by atoms with van der Waals surface area (Å²) in [6.45, 7) is 4.62. The average molecular weight is 256 g/mol. The van der Waals surface area contributed by atoms with Gasteiger partial charge in [0.25, 0.3) is 0 Å². The van der Waals surface area contributed by atoms with Gasteiger partial charge in [0.05, 0.1) is 5.25 Å². The van der Waals surface area contributed by atoms with Gasteiger partial charge >= 0.3 is 6.03 Å². The summed E-state index contributed by atoms with van der Waals surface area (Å²) < 4.78 is 1.97. The third-order valence-electron chi connectivity index (χ3n) is 2.04. The smallest absolute Gasteiger partial charge is 0.318 e. The Hall–Kier alpha value is -1.50.